The largest absolute Gasteiger partial charge is 0.416 e. The summed E-state index contributed by atoms with van der Waals surface area (Å²) in [5, 5.41) is 2.03. The van der Waals surface area contributed by atoms with Crippen LogP contribution < -0.4 is 0 Å². The Bertz CT molecular complexity index is 1840. The molecule has 1 saturated carbocycles. The van der Waals surface area contributed by atoms with Crippen LogP contribution in [-0.4, -0.2) is 100 Å². The van der Waals surface area contributed by atoms with Crippen LogP contribution in [0.15, 0.2) is 58.2 Å². The number of thioether (sulfide) groups is 1. The van der Waals surface area contributed by atoms with Gasteiger partial charge in [-0.1, -0.05) is 76.0 Å². The quantitative estimate of drug-likeness (QED) is 0.185. The van der Waals surface area contributed by atoms with Crippen molar-refractivity contribution in [1.82, 2.24) is 24.6 Å². The number of allylic oxidation sites excluding steroid dienone is 1. The highest BCUT2D eigenvalue weighted by molar-refractivity contribution is 8.18. The van der Waals surface area contributed by atoms with Crippen LogP contribution in [0.2, 0.25) is 28.3 Å². The van der Waals surface area contributed by atoms with E-state index in [1.807, 2.05) is 35.2 Å². The van der Waals surface area contributed by atoms with Gasteiger partial charge >= 0.3 is 0 Å². The molecule has 9 nitrogen and oxygen atoms in total. The summed E-state index contributed by atoms with van der Waals surface area (Å²) in [6.07, 6.45) is 5.46. The number of amidine groups is 1. The number of aliphatic imine (C=N–C) groups is 1. The van der Waals surface area contributed by atoms with Crippen molar-refractivity contribution >= 4 is 60.3 Å². The molecular formula is C41H56Cl2N6O3SSi. The Hall–Kier alpha value is -2.41. The van der Waals surface area contributed by atoms with Crippen LogP contribution in [0, 0.1) is 5.92 Å². The molecule has 0 N–H and O–H groups in total. The van der Waals surface area contributed by atoms with Crippen molar-refractivity contribution in [3.05, 3.63) is 74.5 Å². The highest BCUT2D eigenvalue weighted by Gasteiger charge is 2.56. The maximum absolute atomic E-state index is 15.0. The molecule has 2 aromatic rings. The second-order valence-electron chi connectivity index (χ2n) is 17.9. The topological polar surface area (TPSA) is 81.6 Å². The van der Waals surface area contributed by atoms with Crippen molar-refractivity contribution < 1.29 is 14.0 Å². The van der Waals surface area contributed by atoms with Crippen molar-refractivity contribution in [2.45, 2.75) is 121 Å². The summed E-state index contributed by atoms with van der Waals surface area (Å²) in [4.78, 5) is 48.7. The number of carbonyl (C=O) groups excluding carboxylic acids is 2. The fraction of sp³-hybridized carbons (Fsp3) is 0.610. The zero-order valence-corrected chi connectivity index (χ0v) is 36.6. The summed E-state index contributed by atoms with van der Waals surface area (Å²) in [5.41, 5.74) is 2.22. The predicted molar refractivity (Wildman–Crippen MR) is 222 cm³/mol. The molecular weight excluding hydrogens is 756 g/mol. The molecule has 2 amide bonds. The van der Waals surface area contributed by atoms with Gasteiger partial charge in [0.25, 0.3) is 5.91 Å². The van der Waals surface area contributed by atoms with Gasteiger partial charge in [0, 0.05) is 66.8 Å². The first-order valence-corrected chi connectivity index (χ1v) is 24.0. The van der Waals surface area contributed by atoms with Crippen molar-refractivity contribution in [3.8, 4) is 0 Å². The van der Waals surface area contributed by atoms with Crippen molar-refractivity contribution in [1.29, 1.82) is 0 Å². The van der Waals surface area contributed by atoms with Crippen molar-refractivity contribution in [2.24, 2.45) is 10.9 Å². The smallest absolute Gasteiger partial charge is 0.263 e. The molecule has 0 unspecified atom stereocenters. The molecule has 5 heterocycles. The molecule has 4 aliphatic heterocycles. The fourth-order valence-electron chi connectivity index (χ4n) is 8.65. The number of carbonyl (C=O) groups is 2. The van der Waals surface area contributed by atoms with Crippen LogP contribution >= 0.6 is 35.0 Å². The number of likely N-dealkylation sites (tertiary alicyclic amines) is 1. The third kappa shape index (κ3) is 7.08. The summed E-state index contributed by atoms with van der Waals surface area (Å²) >= 11 is 14.0. The molecule has 0 bridgehead atoms. The Kier molecular flexibility index (Phi) is 10.7. The average molecular weight is 812 g/mol. The molecule has 292 valence electrons. The first kappa shape index (κ1) is 39.8. The van der Waals surface area contributed by atoms with Crippen LogP contribution in [0.3, 0.4) is 0 Å². The lowest BCUT2D eigenvalue weighted by Crippen LogP contribution is -2.60. The number of hydrogen-bond acceptors (Lipinski definition) is 8. The molecule has 1 aromatic heterocycles. The van der Waals surface area contributed by atoms with Gasteiger partial charge in [-0.25, -0.2) is 9.98 Å². The number of amides is 2. The van der Waals surface area contributed by atoms with E-state index in [4.69, 9.17) is 32.6 Å². The molecule has 7 rings (SSSR count). The maximum Gasteiger partial charge on any atom is 0.263 e. The van der Waals surface area contributed by atoms with E-state index in [1.54, 1.807) is 12.3 Å². The van der Waals surface area contributed by atoms with Crippen molar-refractivity contribution in [2.75, 3.05) is 32.8 Å². The second-order valence-corrected chi connectivity index (χ2v) is 24.6. The average Bonchev–Trinajstić information content (AvgIpc) is 3.46. The number of nitrogens with zero attached hydrogens (tertiary/aromatic N) is 6. The molecule has 0 radical (unpaired) electrons. The number of pyridine rings is 1. The Morgan fingerprint density at radius 1 is 1.06 bits per heavy atom. The lowest BCUT2D eigenvalue weighted by Gasteiger charge is -2.44. The SMILES string of the molecule is CC(C)C1=C(C(=O)N2[C@H](C)CC[C@@H]2C(=O)N2CCN(CCO[Si](C)(C)C(C)(C)C)C3(CC3)C2)SC2=N[C@@](C)(c3ccc(Cl)nc3)[C@@H](c3ccc(Cl)cc3)N21. The molecule has 1 aromatic carbocycles. The Labute approximate surface area is 337 Å². The van der Waals surface area contributed by atoms with E-state index < -0.39 is 19.9 Å². The predicted octanol–water partition coefficient (Wildman–Crippen LogP) is 8.71. The Morgan fingerprint density at radius 3 is 2.37 bits per heavy atom. The number of aromatic nitrogens is 1. The van der Waals surface area contributed by atoms with Crippen molar-refractivity contribution in [3.63, 3.8) is 0 Å². The standard InChI is InChI=1S/C41H56Cl2N6O3SSi/c1-26(2)33-34(53-38-45-40(7,29-13-17-32(43)44-24-29)35(49(33)38)28-11-14-30(42)15-12-28)37(51)48-27(3)10-16-31(48)36(50)46-20-21-47(41(25-46)18-19-41)22-23-52-54(8,9)39(4,5)6/h11-15,17,24,26-27,31,35H,10,16,18-23,25H2,1-9H3/t27-,31-,35-,40+/m1/s1. The molecule has 1 aliphatic carbocycles. The third-order valence-corrected chi connectivity index (χ3v) is 19.1. The molecule has 4 atom stereocenters. The van der Waals surface area contributed by atoms with Gasteiger partial charge in [-0.05, 0) is 99.1 Å². The van der Waals surface area contributed by atoms with E-state index in [-0.39, 0.29) is 40.4 Å². The lowest BCUT2D eigenvalue weighted by atomic mass is 9.81. The van der Waals surface area contributed by atoms with E-state index in [0.717, 1.165) is 67.5 Å². The molecule has 1 spiro atoms. The minimum absolute atomic E-state index is 0.0140. The zero-order chi connectivity index (χ0) is 39.0. The molecule has 3 fully saturated rings. The monoisotopic (exact) mass is 810 g/mol. The third-order valence-electron chi connectivity index (χ3n) is 13.0. The highest BCUT2D eigenvalue weighted by atomic mass is 35.5. The first-order valence-electron chi connectivity index (χ1n) is 19.6. The van der Waals surface area contributed by atoms with E-state index >= 15 is 0 Å². The highest BCUT2D eigenvalue weighted by Crippen LogP contribution is 2.56. The first-order chi connectivity index (χ1) is 25.4. The van der Waals surface area contributed by atoms with Gasteiger partial charge in [0.1, 0.15) is 21.6 Å². The summed E-state index contributed by atoms with van der Waals surface area (Å²) in [6.45, 7) is 23.8. The van der Waals surface area contributed by atoms with Gasteiger partial charge in [0.15, 0.2) is 13.5 Å². The molecule has 13 heteroatoms. The molecule has 54 heavy (non-hydrogen) atoms. The fourth-order valence-corrected chi connectivity index (χ4v) is 11.3. The van der Waals surface area contributed by atoms with E-state index in [9.17, 15) is 9.59 Å². The minimum atomic E-state index is -1.83. The van der Waals surface area contributed by atoms with Crippen LogP contribution in [0.5, 0.6) is 0 Å². The summed E-state index contributed by atoms with van der Waals surface area (Å²) < 4.78 is 6.54. The Balaban J connectivity index is 1.12. The van der Waals surface area contributed by atoms with Gasteiger partial charge < -0.3 is 19.1 Å². The summed E-state index contributed by atoms with van der Waals surface area (Å²) in [5.74, 6) is 0.0297. The maximum atomic E-state index is 15.0. The zero-order valence-electron chi connectivity index (χ0n) is 33.3. The Morgan fingerprint density at radius 2 is 1.76 bits per heavy atom. The summed E-state index contributed by atoms with van der Waals surface area (Å²) in [6, 6.07) is 10.9. The van der Waals surface area contributed by atoms with Crippen LogP contribution in [0.1, 0.15) is 91.3 Å². The van der Waals surface area contributed by atoms with Crippen LogP contribution in [0.25, 0.3) is 0 Å². The van der Waals surface area contributed by atoms with Gasteiger partial charge in [-0.3, -0.25) is 14.5 Å². The number of fused-ring (bicyclic) bond motifs is 1. The number of benzene rings is 1. The molecule has 2 saturated heterocycles. The van der Waals surface area contributed by atoms with Crippen LogP contribution in [-0.2, 0) is 19.6 Å². The second kappa shape index (κ2) is 14.5. The minimum Gasteiger partial charge on any atom is -0.416 e. The van der Waals surface area contributed by atoms with Gasteiger partial charge in [-0.15, -0.1) is 0 Å². The number of hydrogen-bond donors (Lipinski definition) is 0. The summed E-state index contributed by atoms with van der Waals surface area (Å²) in [7, 11) is -1.83. The number of piperazine rings is 1. The van der Waals surface area contributed by atoms with Crippen LogP contribution in [0.4, 0.5) is 0 Å². The van der Waals surface area contributed by atoms with E-state index in [1.165, 1.54) is 11.8 Å². The van der Waals surface area contributed by atoms with E-state index in [2.05, 4.69) is 81.2 Å². The normalized spacial score (nSPS) is 27.0. The van der Waals surface area contributed by atoms with Gasteiger partial charge in [0.05, 0.1) is 6.04 Å². The number of rotatable bonds is 9. The molecule has 5 aliphatic rings. The van der Waals surface area contributed by atoms with Gasteiger partial charge in [0.2, 0.25) is 5.91 Å². The lowest BCUT2D eigenvalue weighted by molar-refractivity contribution is -0.145. The van der Waals surface area contributed by atoms with E-state index in [0.29, 0.717) is 28.0 Å². The van der Waals surface area contributed by atoms with Gasteiger partial charge in [-0.2, -0.15) is 0 Å². The number of halogens is 2.